The summed E-state index contributed by atoms with van der Waals surface area (Å²) in [6.45, 7) is 0.947. The molecule has 1 N–H and O–H groups in total. The lowest BCUT2D eigenvalue weighted by Gasteiger charge is -2.24. The van der Waals surface area contributed by atoms with Crippen molar-refractivity contribution in [3.63, 3.8) is 0 Å². The first-order valence-corrected chi connectivity index (χ1v) is 12.6. The number of carbonyl (C=O) groups excluding carboxylic acids is 3. The molecular weight excluding hydrogens is 452 g/mol. The van der Waals surface area contributed by atoms with Crippen LogP contribution >= 0.6 is 0 Å². The zero-order valence-electron chi connectivity index (χ0n) is 19.9. The predicted octanol–water partition coefficient (Wildman–Crippen LogP) is 4.67. The smallest absolute Gasteiger partial charge is 0.310 e. The largest absolute Gasteiger partial charge is 0.462 e. The maximum atomic E-state index is 13.7. The Balaban J connectivity index is 1.21. The van der Waals surface area contributed by atoms with Gasteiger partial charge in [-0.1, -0.05) is 66.7 Å². The molecule has 2 aliphatic carbocycles. The van der Waals surface area contributed by atoms with Gasteiger partial charge in [0.2, 0.25) is 5.91 Å². The van der Waals surface area contributed by atoms with E-state index in [0.29, 0.717) is 24.3 Å². The van der Waals surface area contributed by atoms with Crippen LogP contribution in [0.15, 0.2) is 84.9 Å². The molecule has 0 unspecified atom stereocenters. The van der Waals surface area contributed by atoms with E-state index < -0.39 is 0 Å². The maximum Gasteiger partial charge on any atom is 0.310 e. The number of carbonyl (C=O) groups is 3. The summed E-state index contributed by atoms with van der Waals surface area (Å²) in [5, 5.41) is 2.99. The summed E-state index contributed by atoms with van der Waals surface area (Å²) in [4.78, 5) is 41.0. The molecule has 1 aliphatic heterocycles. The molecule has 3 aliphatic rings. The Morgan fingerprint density at radius 1 is 0.861 bits per heavy atom. The van der Waals surface area contributed by atoms with E-state index in [1.807, 2.05) is 65.6 Å². The van der Waals surface area contributed by atoms with Crippen molar-refractivity contribution in [3.8, 4) is 0 Å². The molecule has 2 saturated carbocycles. The molecular formula is C30H28N2O4. The number of amides is 2. The fraction of sp³-hybridized carbons (Fsp3) is 0.300. The van der Waals surface area contributed by atoms with Crippen molar-refractivity contribution < 1.29 is 19.1 Å². The van der Waals surface area contributed by atoms with Gasteiger partial charge in [-0.3, -0.25) is 14.4 Å². The molecule has 0 spiro atoms. The number of ether oxygens (including phenoxy) is 1. The van der Waals surface area contributed by atoms with Crippen molar-refractivity contribution in [2.24, 2.45) is 23.7 Å². The number of fused-ring (bicyclic) bond motifs is 1. The fourth-order valence-corrected chi connectivity index (χ4v) is 6.31. The number of benzene rings is 3. The lowest BCUT2D eigenvalue weighted by atomic mass is 9.79. The van der Waals surface area contributed by atoms with Crippen LogP contribution in [0.1, 0.15) is 34.3 Å². The van der Waals surface area contributed by atoms with E-state index >= 15 is 0 Å². The lowest BCUT2D eigenvalue weighted by Crippen LogP contribution is -2.36. The van der Waals surface area contributed by atoms with Crippen LogP contribution in [0.2, 0.25) is 0 Å². The molecule has 2 bridgehead atoms. The quantitative estimate of drug-likeness (QED) is 0.499. The van der Waals surface area contributed by atoms with E-state index in [1.54, 1.807) is 24.3 Å². The van der Waals surface area contributed by atoms with Gasteiger partial charge in [0, 0.05) is 30.3 Å². The van der Waals surface area contributed by atoms with Crippen molar-refractivity contribution in [1.29, 1.82) is 0 Å². The molecule has 1 saturated heterocycles. The molecule has 6 heteroatoms. The Labute approximate surface area is 210 Å². The first kappa shape index (κ1) is 22.5. The first-order chi connectivity index (χ1) is 17.6. The van der Waals surface area contributed by atoms with E-state index in [4.69, 9.17) is 4.74 Å². The van der Waals surface area contributed by atoms with Gasteiger partial charge in [0.25, 0.3) is 5.91 Å². The minimum atomic E-state index is -0.353. The van der Waals surface area contributed by atoms with E-state index in [1.165, 1.54) is 0 Å². The Morgan fingerprint density at radius 3 is 2.19 bits per heavy atom. The van der Waals surface area contributed by atoms with Crippen LogP contribution in [0, 0.1) is 23.7 Å². The van der Waals surface area contributed by atoms with Gasteiger partial charge >= 0.3 is 5.97 Å². The van der Waals surface area contributed by atoms with Crippen LogP contribution in [-0.4, -0.2) is 28.8 Å². The van der Waals surface area contributed by atoms with E-state index in [0.717, 1.165) is 24.0 Å². The summed E-state index contributed by atoms with van der Waals surface area (Å²) < 4.78 is 5.48. The Morgan fingerprint density at radius 2 is 1.53 bits per heavy atom. The van der Waals surface area contributed by atoms with E-state index in [2.05, 4.69) is 5.32 Å². The predicted molar refractivity (Wildman–Crippen MR) is 135 cm³/mol. The number of anilines is 1. The van der Waals surface area contributed by atoms with Gasteiger partial charge in [0.15, 0.2) is 0 Å². The molecule has 36 heavy (non-hydrogen) atoms. The third-order valence-electron chi connectivity index (χ3n) is 7.88. The average Bonchev–Trinajstić information content (AvgIpc) is 3.53. The Bertz CT molecular complexity index is 1250. The summed E-state index contributed by atoms with van der Waals surface area (Å²) in [6.07, 6.45) is 1.65. The summed E-state index contributed by atoms with van der Waals surface area (Å²) >= 11 is 0. The number of hydrogen-bond donors (Lipinski definition) is 1. The highest BCUT2D eigenvalue weighted by molar-refractivity contribution is 5.99. The monoisotopic (exact) mass is 480 g/mol. The molecule has 3 fully saturated rings. The van der Waals surface area contributed by atoms with Gasteiger partial charge in [0.1, 0.15) is 6.10 Å². The van der Waals surface area contributed by atoms with Crippen molar-refractivity contribution in [1.82, 2.24) is 4.90 Å². The zero-order chi connectivity index (χ0) is 24.6. The molecule has 1 heterocycles. The molecule has 3 aromatic rings. The molecule has 0 aromatic heterocycles. The number of esters is 1. The van der Waals surface area contributed by atoms with Crippen molar-refractivity contribution in [3.05, 3.63) is 102 Å². The zero-order valence-corrected chi connectivity index (χ0v) is 19.9. The molecule has 0 radical (unpaired) electrons. The van der Waals surface area contributed by atoms with E-state index in [9.17, 15) is 14.4 Å². The molecule has 3 aromatic carbocycles. The molecule has 6 nitrogen and oxygen atoms in total. The van der Waals surface area contributed by atoms with Gasteiger partial charge in [-0.05, 0) is 48.1 Å². The van der Waals surface area contributed by atoms with Gasteiger partial charge < -0.3 is 15.0 Å². The highest BCUT2D eigenvalue weighted by atomic mass is 16.6. The second kappa shape index (κ2) is 9.26. The van der Waals surface area contributed by atoms with Crippen LogP contribution in [0.3, 0.4) is 0 Å². The first-order valence-electron chi connectivity index (χ1n) is 12.6. The molecule has 5 atom stereocenters. The van der Waals surface area contributed by atoms with Crippen LogP contribution in [-0.2, 0) is 27.4 Å². The van der Waals surface area contributed by atoms with Gasteiger partial charge in [-0.2, -0.15) is 0 Å². The second-order valence-electron chi connectivity index (χ2n) is 10.1. The normalized spacial score (nSPS) is 25.4. The van der Waals surface area contributed by atoms with Crippen LogP contribution in [0.25, 0.3) is 0 Å². The highest BCUT2D eigenvalue weighted by Gasteiger charge is 2.63. The fourth-order valence-electron chi connectivity index (χ4n) is 6.31. The third-order valence-corrected chi connectivity index (χ3v) is 7.88. The Hall–Kier alpha value is -3.93. The Kier molecular flexibility index (Phi) is 5.80. The molecule has 182 valence electrons. The van der Waals surface area contributed by atoms with Crippen LogP contribution in [0.4, 0.5) is 5.69 Å². The third kappa shape index (κ3) is 4.17. The van der Waals surface area contributed by atoms with Gasteiger partial charge in [-0.25, -0.2) is 0 Å². The van der Waals surface area contributed by atoms with Crippen LogP contribution < -0.4 is 5.32 Å². The van der Waals surface area contributed by atoms with Gasteiger partial charge in [0.05, 0.1) is 11.8 Å². The molecule has 6 rings (SSSR count). The lowest BCUT2D eigenvalue weighted by molar-refractivity contribution is -0.145. The SMILES string of the molecule is O=C(Nc1cccc(C(=O)N(Cc2ccccc2)Cc2ccccc2)c1)[C@@H]1[C@@H]2C[C@@H]3[C@@H]1C(=O)O[C@H]3C2. The summed E-state index contributed by atoms with van der Waals surface area (Å²) in [5.41, 5.74) is 3.16. The summed E-state index contributed by atoms with van der Waals surface area (Å²) in [7, 11) is 0. The second-order valence-corrected chi connectivity index (χ2v) is 10.1. The van der Waals surface area contributed by atoms with Crippen molar-refractivity contribution >= 4 is 23.5 Å². The number of rotatable bonds is 7. The highest BCUT2D eigenvalue weighted by Crippen LogP contribution is 2.57. The summed E-state index contributed by atoms with van der Waals surface area (Å²) in [5.74, 6) is -0.810. The average molecular weight is 481 g/mol. The van der Waals surface area contributed by atoms with Crippen molar-refractivity contribution in [2.75, 3.05) is 5.32 Å². The number of nitrogens with zero attached hydrogens (tertiary/aromatic N) is 1. The van der Waals surface area contributed by atoms with Gasteiger partial charge in [-0.15, -0.1) is 0 Å². The standard InChI is InChI=1S/C30H28N2O4/c33-28(26-22-15-24-25(16-22)36-30(35)27(24)26)31-23-13-7-12-21(14-23)29(34)32(17-19-8-3-1-4-9-19)18-20-10-5-2-6-11-20/h1-14,22,24-27H,15-18H2,(H,31,33)/t22-,24+,25+,26-,27+/m1/s1. The summed E-state index contributed by atoms with van der Waals surface area (Å²) in [6, 6.07) is 26.9. The number of hydrogen-bond acceptors (Lipinski definition) is 4. The maximum absolute atomic E-state index is 13.7. The van der Waals surface area contributed by atoms with Crippen LogP contribution in [0.5, 0.6) is 0 Å². The van der Waals surface area contributed by atoms with Crippen molar-refractivity contribution in [2.45, 2.75) is 32.0 Å². The minimum absolute atomic E-state index is 0.00212. The number of nitrogens with one attached hydrogen (secondary N) is 1. The topological polar surface area (TPSA) is 75.7 Å². The molecule has 2 amide bonds. The van der Waals surface area contributed by atoms with E-state index in [-0.39, 0.29) is 47.6 Å². The minimum Gasteiger partial charge on any atom is -0.462 e.